The van der Waals surface area contributed by atoms with E-state index in [9.17, 15) is 14.4 Å². The third-order valence-corrected chi connectivity index (χ3v) is 8.29. The van der Waals surface area contributed by atoms with Crippen LogP contribution in [0.15, 0.2) is 48.8 Å². The van der Waals surface area contributed by atoms with Gasteiger partial charge in [0.2, 0.25) is 5.95 Å². The maximum Gasteiger partial charge on any atom is 0.295 e. The average molecular weight is 643 g/mol. The van der Waals surface area contributed by atoms with Gasteiger partial charge in [-0.2, -0.15) is 9.78 Å². The first-order valence-electron chi connectivity index (χ1n) is 15.2. The van der Waals surface area contributed by atoms with Crippen LogP contribution in [-0.4, -0.2) is 133 Å². The molecule has 2 amide bonds. The highest BCUT2D eigenvalue weighted by atomic mass is 19.1. The van der Waals surface area contributed by atoms with E-state index in [1.165, 1.54) is 17.2 Å². The lowest BCUT2D eigenvalue weighted by Crippen LogP contribution is -2.51. The number of H-pyrrole nitrogens is 2. The number of rotatable bonds is 9. The monoisotopic (exact) mass is 642 g/mol. The summed E-state index contributed by atoms with van der Waals surface area (Å²) >= 11 is 0. The number of benzene rings is 1. The minimum Gasteiger partial charge on any atom is -0.379 e. The number of ketones is 1. The molecule has 0 aliphatic carbocycles. The molecule has 2 aliphatic heterocycles. The number of halogens is 1. The van der Waals surface area contributed by atoms with Crippen LogP contribution in [0.5, 0.6) is 0 Å². The van der Waals surface area contributed by atoms with Gasteiger partial charge in [-0.1, -0.05) is 23.3 Å². The number of hydrogen-bond donors (Lipinski definition) is 3. The van der Waals surface area contributed by atoms with E-state index < -0.39 is 17.5 Å². The number of carbonyl (C=O) groups is 3. The smallest absolute Gasteiger partial charge is 0.295 e. The Morgan fingerprint density at radius 2 is 1.81 bits per heavy atom. The molecule has 1 aromatic carbocycles. The van der Waals surface area contributed by atoms with Crippen molar-refractivity contribution in [3.05, 3.63) is 65.9 Å². The second-order valence-corrected chi connectivity index (χ2v) is 11.1. The summed E-state index contributed by atoms with van der Waals surface area (Å²) in [6, 6.07) is 10.9. The van der Waals surface area contributed by atoms with Crippen LogP contribution in [-0.2, 0) is 9.53 Å². The number of hydrogen-bond acceptors (Lipinski definition) is 11. The fourth-order valence-corrected chi connectivity index (χ4v) is 5.77. The van der Waals surface area contributed by atoms with Gasteiger partial charge in [-0.05, 0) is 28.6 Å². The molecule has 2 fully saturated rings. The van der Waals surface area contributed by atoms with Crippen molar-refractivity contribution in [2.75, 3.05) is 70.5 Å². The number of nitrogens with one attached hydrogen (secondary N) is 3. The second-order valence-electron chi connectivity index (χ2n) is 11.1. The largest absolute Gasteiger partial charge is 0.379 e. The molecule has 0 atom stereocenters. The maximum atomic E-state index is 15.2. The van der Waals surface area contributed by atoms with Gasteiger partial charge in [-0.3, -0.25) is 24.4 Å². The van der Waals surface area contributed by atoms with Crippen LogP contribution in [0.3, 0.4) is 0 Å². The van der Waals surface area contributed by atoms with E-state index in [0.717, 1.165) is 25.0 Å². The lowest BCUT2D eigenvalue weighted by Gasteiger charge is -2.34. The molecule has 242 valence electrons. The number of aromatic amines is 2. The standard InChI is InChI=1S/C30H31FN12O4/c31-21-18-34-25(22-16-23(36-35-22)28(45)32-6-7-40-12-14-47-15-13-40)26-24(21)20(17-33-26)27(44)29(46)41-8-10-42(11-9-41)30-37-38-39-43(30)19-4-2-1-3-5-19/h1-5,16-18,33H,6-15H2,(H,32,45)(H,35,36). The van der Waals surface area contributed by atoms with Gasteiger partial charge < -0.3 is 24.8 Å². The van der Waals surface area contributed by atoms with Gasteiger partial charge >= 0.3 is 0 Å². The van der Waals surface area contributed by atoms with E-state index in [2.05, 4.69) is 45.9 Å². The van der Waals surface area contributed by atoms with Gasteiger partial charge in [-0.25, -0.2) is 9.37 Å². The Balaban J connectivity index is 1.02. The zero-order chi connectivity index (χ0) is 32.3. The molecule has 0 saturated carbocycles. The molecule has 0 bridgehead atoms. The van der Waals surface area contributed by atoms with Gasteiger partial charge in [0, 0.05) is 58.6 Å². The SMILES string of the molecule is O=C(NCCN1CCOCC1)c1cc(-c2ncc(F)c3c(C(=O)C(=O)N4CCN(c5nnnn5-c5ccccc5)CC4)c[nH]c23)n[nH]1. The lowest BCUT2D eigenvalue weighted by atomic mass is 10.1. The van der Waals surface area contributed by atoms with Gasteiger partial charge in [0.25, 0.3) is 17.6 Å². The highest BCUT2D eigenvalue weighted by molar-refractivity contribution is 6.45. The summed E-state index contributed by atoms with van der Waals surface area (Å²) in [5.41, 5.74) is 1.57. The van der Waals surface area contributed by atoms with Crippen molar-refractivity contribution in [1.82, 2.24) is 55.5 Å². The zero-order valence-electron chi connectivity index (χ0n) is 25.2. The van der Waals surface area contributed by atoms with Crippen LogP contribution in [0, 0.1) is 5.82 Å². The van der Waals surface area contributed by atoms with E-state index in [1.54, 1.807) is 4.68 Å². The van der Waals surface area contributed by atoms with E-state index in [-0.39, 0.29) is 52.5 Å². The normalized spacial score (nSPS) is 15.7. The Morgan fingerprint density at radius 1 is 1.02 bits per heavy atom. The first kappa shape index (κ1) is 30.1. The number of morpholine rings is 1. The Bertz CT molecular complexity index is 1910. The predicted octanol–water partition coefficient (Wildman–Crippen LogP) is 0.661. The Hall–Kier alpha value is -5.55. The summed E-state index contributed by atoms with van der Waals surface area (Å²) in [7, 11) is 0. The Morgan fingerprint density at radius 3 is 2.60 bits per heavy atom. The molecular formula is C30H31FN12O4. The van der Waals surface area contributed by atoms with Crippen molar-refractivity contribution < 1.29 is 23.5 Å². The molecular weight excluding hydrogens is 611 g/mol. The molecule has 47 heavy (non-hydrogen) atoms. The highest BCUT2D eigenvalue weighted by Gasteiger charge is 2.31. The minimum absolute atomic E-state index is 0.0754. The third kappa shape index (κ3) is 6.05. The van der Waals surface area contributed by atoms with Crippen molar-refractivity contribution in [2.24, 2.45) is 0 Å². The fraction of sp³-hybridized carbons (Fsp3) is 0.333. The number of piperazine rings is 1. The molecule has 17 heteroatoms. The quantitative estimate of drug-likeness (QED) is 0.152. The molecule has 7 rings (SSSR count). The van der Waals surface area contributed by atoms with Crippen LogP contribution in [0.4, 0.5) is 10.3 Å². The Kier molecular flexibility index (Phi) is 8.36. The lowest BCUT2D eigenvalue weighted by molar-refractivity contribution is -0.126. The Labute approximate surface area is 266 Å². The molecule has 5 aromatic rings. The minimum atomic E-state index is -0.850. The van der Waals surface area contributed by atoms with Crippen LogP contribution in [0.25, 0.3) is 28.0 Å². The number of aromatic nitrogens is 8. The molecule has 2 aliphatic rings. The van der Waals surface area contributed by atoms with Crippen molar-refractivity contribution in [3.8, 4) is 17.1 Å². The van der Waals surface area contributed by atoms with E-state index in [4.69, 9.17) is 4.74 Å². The number of anilines is 1. The predicted molar refractivity (Wildman–Crippen MR) is 166 cm³/mol. The number of pyridine rings is 1. The van der Waals surface area contributed by atoms with E-state index in [0.29, 0.717) is 45.3 Å². The third-order valence-electron chi connectivity index (χ3n) is 8.29. The average Bonchev–Trinajstić information content (AvgIpc) is 3.90. The summed E-state index contributed by atoms with van der Waals surface area (Å²) in [6.45, 7) is 5.40. The topological polar surface area (TPSA) is 183 Å². The van der Waals surface area contributed by atoms with Crippen LogP contribution in [0.1, 0.15) is 20.8 Å². The summed E-state index contributed by atoms with van der Waals surface area (Å²) in [4.78, 5) is 52.2. The van der Waals surface area contributed by atoms with E-state index in [1.807, 2.05) is 35.2 Å². The van der Waals surface area contributed by atoms with Gasteiger partial charge in [0.15, 0.2) is 5.82 Å². The van der Waals surface area contributed by atoms with Crippen molar-refractivity contribution >= 4 is 34.4 Å². The highest BCUT2D eigenvalue weighted by Crippen LogP contribution is 2.30. The number of ether oxygens (including phenoxy) is 1. The second kappa shape index (κ2) is 13.1. The van der Waals surface area contributed by atoms with Crippen molar-refractivity contribution in [1.29, 1.82) is 0 Å². The summed E-state index contributed by atoms with van der Waals surface area (Å²) in [6.07, 6.45) is 2.27. The fourth-order valence-electron chi connectivity index (χ4n) is 5.77. The molecule has 0 unspecified atom stereocenters. The maximum absolute atomic E-state index is 15.2. The summed E-state index contributed by atoms with van der Waals surface area (Å²) < 4.78 is 22.1. The van der Waals surface area contributed by atoms with Crippen LogP contribution in [0.2, 0.25) is 0 Å². The molecule has 0 spiro atoms. The van der Waals surface area contributed by atoms with Crippen LogP contribution < -0.4 is 10.2 Å². The first-order valence-corrected chi connectivity index (χ1v) is 15.2. The number of tetrazole rings is 1. The molecule has 2 saturated heterocycles. The van der Waals surface area contributed by atoms with Gasteiger partial charge in [-0.15, -0.1) is 0 Å². The first-order chi connectivity index (χ1) is 23.0. The van der Waals surface area contributed by atoms with Crippen molar-refractivity contribution in [3.63, 3.8) is 0 Å². The van der Waals surface area contributed by atoms with Gasteiger partial charge in [0.05, 0.1) is 41.6 Å². The number of para-hydroxylation sites is 1. The molecule has 0 radical (unpaired) electrons. The molecule has 16 nitrogen and oxygen atoms in total. The number of fused-ring (bicyclic) bond motifs is 1. The molecule has 4 aromatic heterocycles. The zero-order valence-corrected chi connectivity index (χ0v) is 25.2. The number of nitrogens with zero attached hydrogens (tertiary/aromatic N) is 9. The van der Waals surface area contributed by atoms with Crippen molar-refractivity contribution in [2.45, 2.75) is 0 Å². The number of amides is 2. The summed E-state index contributed by atoms with van der Waals surface area (Å²) in [5.74, 6) is -2.19. The van der Waals surface area contributed by atoms with Crippen LogP contribution >= 0.6 is 0 Å². The van der Waals surface area contributed by atoms with Gasteiger partial charge in [0.1, 0.15) is 17.1 Å². The molecule has 3 N–H and O–H groups in total. The summed E-state index contributed by atoms with van der Waals surface area (Å²) in [5, 5.41) is 21.7. The number of carbonyl (C=O) groups excluding carboxylic acids is 3. The van der Waals surface area contributed by atoms with E-state index >= 15 is 4.39 Å². The number of Topliss-reactive ketones (excluding diaryl/α,β-unsaturated/α-hetero) is 1. The molecule has 6 heterocycles.